The lowest BCUT2D eigenvalue weighted by Gasteiger charge is -2.08. The van der Waals surface area contributed by atoms with Crippen LogP contribution in [0.5, 0.6) is 0 Å². The van der Waals surface area contributed by atoms with Crippen LogP contribution in [0.3, 0.4) is 0 Å². The lowest BCUT2D eigenvalue weighted by atomic mass is 10.5. The Morgan fingerprint density at radius 3 is 2.44 bits per heavy atom. The van der Waals surface area contributed by atoms with E-state index in [1.54, 1.807) is 6.92 Å². The number of hydrogen-bond donors (Lipinski definition) is 2. The van der Waals surface area contributed by atoms with Crippen molar-refractivity contribution < 1.29 is 14.7 Å². The molecule has 0 aromatic carbocycles. The Labute approximate surface area is 98.5 Å². The molecule has 0 radical (unpaired) electrons. The quantitative estimate of drug-likeness (QED) is 0.320. The van der Waals surface area contributed by atoms with Crippen molar-refractivity contribution in [2.75, 3.05) is 11.9 Å². The molecule has 0 spiro atoms. The number of likely N-dealkylation sites (N-methyl/N-ethyl adjacent to an activating group) is 1. The van der Waals surface area contributed by atoms with E-state index >= 15 is 0 Å². The molecule has 7 nitrogen and oxygen atoms in total. The summed E-state index contributed by atoms with van der Waals surface area (Å²) in [6.07, 6.45) is -1.46. The molecule has 0 aliphatic carbocycles. The zero-order valence-electron chi connectivity index (χ0n) is 8.49. The van der Waals surface area contributed by atoms with Crippen molar-refractivity contribution >= 4 is 38.2 Å². The number of urea groups is 1. The number of carbonyl (C=O) groups excluding carboxylic acids is 2. The van der Waals surface area contributed by atoms with Gasteiger partial charge in [-0.1, -0.05) is 10.2 Å². The number of imide groups is 1. The average molecular weight is 261 g/mol. The minimum absolute atomic E-state index is 0.166. The van der Waals surface area contributed by atoms with E-state index in [0.29, 0.717) is 5.01 Å². The van der Waals surface area contributed by atoms with Crippen LogP contribution in [0.25, 0.3) is 0 Å². The fourth-order valence-corrected chi connectivity index (χ4v) is 2.57. The van der Waals surface area contributed by atoms with Gasteiger partial charge >= 0.3 is 11.2 Å². The Kier molecular flexibility index (Phi) is 2.60. The maximum atomic E-state index is 11.7. The molecule has 0 saturated carbocycles. The molecule has 1 aromatic rings. The average Bonchev–Trinajstić information content (AvgIpc) is 2.66. The third kappa shape index (κ3) is 1.39. The summed E-state index contributed by atoms with van der Waals surface area (Å²) in [4.78, 5) is 25.0. The second kappa shape index (κ2) is 3.68. The van der Waals surface area contributed by atoms with E-state index in [4.69, 9.17) is 0 Å². The van der Waals surface area contributed by atoms with Gasteiger partial charge < -0.3 is 5.11 Å². The Morgan fingerprint density at radius 1 is 1.44 bits per heavy atom. The highest BCUT2D eigenvalue weighted by Crippen LogP contribution is 2.38. The van der Waals surface area contributed by atoms with Crippen LogP contribution in [0.1, 0.15) is 5.01 Å². The predicted molar refractivity (Wildman–Crippen MR) is 60.3 cm³/mol. The van der Waals surface area contributed by atoms with Gasteiger partial charge in [-0.05, 0) is 0 Å². The van der Waals surface area contributed by atoms with E-state index in [1.165, 1.54) is 7.05 Å². The van der Waals surface area contributed by atoms with Gasteiger partial charge in [0, 0.05) is 14.0 Å². The smallest absolute Gasteiger partial charge is 0.365 e. The zero-order chi connectivity index (χ0) is 12.0. The summed E-state index contributed by atoms with van der Waals surface area (Å²) in [7, 11) is 0.563. The predicted octanol–water partition coefficient (Wildman–Crippen LogP) is -0.0562. The maximum Gasteiger partial charge on any atom is 0.391 e. The molecule has 1 fully saturated rings. The van der Waals surface area contributed by atoms with Gasteiger partial charge in [-0.2, -0.15) is 4.90 Å². The highest BCUT2D eigenvalue weighted by atomic mass is 33.1. The molecule has 1 saturated heterocycles. The van der Waals surface area contributed by atoms with E-state index in [9.17, 15) is 14.7 Å². The van der Waals surface area contributed by atoms with Gasteiger partial charge in [0.1, 0.15) is 21.2 Å². The van der Waals surface area contributed by atoms with Gasteiger partial charge in [-0.3, -0.25) is 9.69 Å². The summed E-state index contributed by atoms with van der Waals surface area (Å²) >= 11 is 4.22. The van der Waals surface area contributed by atoms with Gasteiger partial charge in [-0.25, -0.2) is 4.79 Å². The number of nitrogens with zero attached hydrogens (tertiary/aromatic N) is 4. The summed E-state index contributed by atoms with van der Waals surface area (Å²) in [5.74, 6) is -0.720. The zero-order valence-corrected chi connectivity index (χ0v) is 10.2. The molecule has 2 heterocycles. The number of hydrogen-bond acceptors (Lipinski definition) is 6. The summed E-state index contributed by atoms with van der Waals surface area (Å²) in [5.41, 5.74) is 0. The first-order valence-electron chi connectivity index (χ1n) is 4.29. The number of aliphatic hydroxyl groups excluding tert-OH is 1. The lowest BCUT2D eigenvalue weighted by molar-refractivity contribution is -0.128. The molecule has 2 unspecified atom stereocenters. The molecule has 86 valence electrons. The van der Waals surface area contributed by atoms with Gasteiger partial charge in [0.15, 0.2) is 0 Å². The van der Waals surface area contributed by atoms with Crippen molar-refractivity contribution in [1.29, 1.82) is 0 Å². The Hall–Kier alpha value is -1.19. The van der Waals surface area contributed by atoms with Gasteiger partial charge in [-0.15, -0.1) is 0 Å². The monoisotopic (exact) mass is 261 g/mol. The van der Waals surface area contributed by atoms with Crippen LogP contribution < -0.4 is 4.90 Å². The summed E-state index contributed by atoms with van der Waals surface area (Å²) in [6.45, 7) is 1.71. The largest absolute Gasteiger partial charge is 0.391 e. The summed E-state index contributed by atoms with van der Waals surface area (Å²) in [6, 6.07) is -0.618. The Bertz CT molecular complexity index is 454. The van der Waals surface area contributed by atoms with Gasteiger partial charge in [0.2, 0.25) is 6.23 Å². The normalized spacial score (nSPS) is 22.2. The van der Waals surface area contributed by atoms with Crippen LogP contribution in [0.4, 0.5) is 9.93 Å². The van der Waals surface area contributed by atoms with Crippen LogP contribution in [-0.4, -0.2) is 45.4 Å². The number of amides is 3. The summed E-state index contributed by atoms with van der Waals surface area (Å²) < 4.78 is 0. The standard InChI is InChI=1S/C7H9N4O3S2/c1-3-8-9-6(16(3)15)11-5(13)4(12)10(2)7(11)14/h4,12,15H,1-2H3/q+1. The number of anilines is 1. The molecule has 1 aromatic heterocycles. The number of rotatable bonds is 1. The highest BCUT2D eigenvalue weighted by Gasteiger charge is 2.48. The Morgan fingerprint density at radius 2 is 2.06 bits per heavy atom. The maximum absolute atomic E-state index is 11.7. The third-order valence-electron chi connectivity index (χ3n) is 2.22. The van der Waals surface area contributed by atoms with E-state index in [1.807, 2.05) is 0 Å². The molecule has 2 atom stereocenters. The van der Waals surface area contributed by atoms with Gasteiger partial charge in [0.05, 0.1) is 0 Å². The fourth-order valence-electron chi connectivity index (χ4n) is 1.27. The first-order chi connectivity index (χ1) is 7.45. The minimum atomic E-state index is -1.46. The Balaban J connectivity index is 2.46. The topological polar surface area (TPSA) is 86.6 Å². The SMILES string of the molecule is Cc1nnc(N2C(=O)C(O)N(C)C2=O)[s+]1S. The molecule has 1 aliphatic heterocycles. The molecule has 16 heavy (non-hydrogen) atoms. The fraction of sp³-hybridized carbons (Fsp3) is 0.429. The molecule has 9 heteroatoms. The van der Waals surface area contributed by atoms with Crippen LogP contribution in [0, 0.1) is 6.92 Å². The molecule has 3 amide bonds. The van der Waals surface area contributed by atoms with Crippen LogP contribution in [0.15, 0.2) is 0 Å². The number of aryl methyl sites for hydroxylation is 1. The van der Waals surface area contributed by atoms with Crippen molar-refractivity contribution in [2.45, 2.75) is 13.2 Å². The van der Waals surface area contributed by atoms with Crippen molar-refractivity contribution in [3.05, 3.63) is 5.01 Å². The van der Waals surface area contributed by atoms with Crippen molar-refractivity contribution in [3.8, 4) is 0 Å². The second-order valence-electron chi connectivity index (χ2n) is 3.23. The molecule has 1 aliphatic rings. The minimum Gasteiger partial charge on any atom is -0.365 e. The third-order valence-corrected chi connectivity index (χ3v) is 4.76. The molecule has 1 N–H and O–H groups in total. The lowest BCUT2D eigenvalue weighted by Crippen LogP contribution is -2.31. The van der Waals surface area contributed by atoms with E-state index in [2.05, 4.69) is 21.9 Å². The first kappa shape index (κ1) is 11.3. The van der Waals surface area contributed by atoms with E-state index in [-0.39, 0.29) is 5.13 Å². The van der Waals surface area contributed by atoms with E-state index in [0.717, 1.165) is 9.80 Å². The van der Waals surface area contributed by atoms with Crippen molar-refractivity contribution in [3.63, 3.8) is 0 Å². The summed E-state index contributed by atoms with van der Waals surface area (Å²) in [5, 5.41) is 17.7. The second-order valence-corrected chi connectivity index (χ2v) is 5.85. The number of carbonyl (C=O) groups is 2. The number of aromatic nitrogens is 2. The molecule has 2 rings (SSSR count). The first-order valence-corrected chi connectivity index (χ1v) is 6.57. The molecule has 0 bridgehead atoms. The molecular formula is C7H9N4O3S2+. The van der Waals surface area contributed by atoms with Crippen LogP contribution in [-0.2, 0) is 4.79 Å². The molecular weight excluding hydrogens is 252 g/mol. The van der Waals surface area contributed by atoms with Gasteiger partial charge in [0.25, 0.3) is 10.9 Å². The highest BCUT2D eigenvalue weighted by molar-refractivity contribution is 8.34. The van der Waals surface area contributed by atoms with Crippen molar-refractivity contribution in [2.24, 2.45) is 0 Å². The van der Waals surface area contributed by atoms with Crippen molar-refractivity contribution in [1.82, 2.24) is 15.1 Å². The van der Waals surface area contributed by atoms with E-state index < -0.39 is 27.7 Å². The van der Waals surface area contributed by atoms with Crippen LogP contribution >= 0.6 is 21.2 Å². The number of thiol groups is 1. The van der Waals surface area contributed by atoms with Crippen LogP contribution in [0.2, 0.25) is 0 Å². The number of aliphatic hydroxyl groups is 1.